The van der Waals surface area contributed by atoms with Gasteiger partial charge in [-0.1, -0.05) is 13.8 Å². The number of amides is 1. The first-order chi connectivity index (χ1) is 9.66. The number of nitrogens with zero attached hydrogens (tertiary/aromatic N) is 4. The molecule has 3 rings (SSSR count). The maximum atomic E-state index is 12.2. The third-order valence-electron chi connectivity index (χ3n) is 4.45. The van der Waals surface area contributed by atoms with Crippen LogP contribution in [0, 0.1) is 11.8 Å². The molecule has 2 aliphatic rings. The van der Waals surface area contributed by atoms with Gasteiger partial charge in [-0.3, -0.25) is 4.79 Å². The lowest BCUT2D eigenvalue weighted by Crippen LogP contribution is -2.48. The van der Waals surface area contributed by atoms with E-state index < -0.39 is 0 Å². The monoisotopic (exact) mass is 274 g/mol. The zero-order chi connectivity index (χ0) is 14.1. The maximum absolute atomic E-state index is 12.2. The SMILES string of the molecule is CC(C)C(=O)N1CC[C@H]2CN(c3ncccn3)CC[C@H]21. The Hall–Kier alpha value is -1.65. The van der Waals surface area contributed by atoms with Crippen molar-refractivity contribution in [3.05, 3.63) is 18.5 Å². The molecule has 2 fully saturated rings. The van der Waals surface area contributed by atoms with Crippen molar-refractivity contribution >= 4 is 11.9 Å². The molecule has 1 aromatic heterocycles. The summed E-state index contributed by atoms with van der Waals surface area (Å²) in [6.07, 6.45) is 5.71. The Bertz CT molecular complexity index is 476. The van der Waals surface area contributed by atoms with Crippen LogP contribution in [0.2, 0.25) is 0 Å². The van der Waals surface area contributed by atoms with Gasteiger partial charge in [0.05, 0.1) is 0 Å². The van der Waals surface area contributed by atoms with Crippen LogP contribution in [0.5, 0.6) is 0 Å². The second-order valence-electron chi connectivity index (χ2n) is 6.09. The molecule has 0 radical (unpaired) electrons. The highest BCUT2D eigenvalue weighted by molar-refractivity contribution is 5.78. The number of hydrogen-bond donors (Lipinski definition) is 0. The largest absolute Gasteiger partial charge is 0.340 e. The van der Waals surface area contributed by atoms with Crippen molar-refractivity contribution in [2.24, 2.45) is 11.8 Å². The third kappa shape index (κ3) is 2.37. The Morgan fingerprint density at radius 3 is 2.70 bits per heavy atom. The molecule has 20 heavy (non-hydrogen) atoms. The van der Waals surface area contributed by atoms with E-state index in [1.54, 1.807) is 12.4 Å². The molecule has 1 aromatic rings. The van der Waals surface area contributed by atoms with E-state index in [1.165, 1.54) is 0 Å². The summed E-state index contributed by atoms with van der Waals surface area (Å²) in [5.41, 5.74) is 0. The number of carbonyl (C=O) groups is 1. The number of carbonyl (C=O) groups excluding carboxylic acids is 1. The number of rotatable bonds is 2. The zero-order valence-electron chi connectivity index (χ0n) is 12.2. The summed E-state index contributed by atoms with van der Waals surface area (Å²) in [5, 5.41) is 0. The fraction of sp³-hybridized carbons (Fsp3) is 0.667. The van der Waals surface area contributed by atoms with E-state index in [4.69, 9.17) is 0 Å². The molecule has 0 aromatic carbocycles. The van der Waals surface area contributed by atoms with E-state index >= 15 is 0 Å². The Morgan fingerprint density at radius 2 is 2.00 bits per heavy atom. The molecule has 5 nitrogen and oxygen atoms in total. The van der Waals surface area contributed by atoms with Crippen LogP contribution in [-0.2, 0) is 4.79 Å². The van der Waals surface area contributed by atoms with Crippen LogP contribution in [0.15, 0.2) is 18.5 Å². The van der Waals surface area contributed by atoms with Crippen LogP contribution >= 0.6 is 0 Å². The van der Waals surface area contributed by atoms with E-state index in [9.17, 15) is 4.79 Å². The van der Waals surface area contributed by atoms with Crippen molar-refractivity contribution in [2.75, 3.05) is 24.5 Å². The highest BCUT2D eigenvalue weighted by Crippen LogP contribution is 2.33. The number of hydrogen-bond acceptors (Lipinski definition) is 4. The molecule has 0 unspecified atom stereocenters. The summed E-state index contributed by atoms with van der Waals surface area (Å²) >= 11 is 0. The Labute approximate surface area is 120 Å². The van der Waals surface area contributed by atoms with Gasteiger partial charge in [-0.15, -0.1) is 0 Å². The molecule has 0 N–H and O–H groups in total. The standard InChI is InChI=1S/C15H22N4O/c1-11(2)14(20)19-9-4-12-10-18(8-5-13(12)19)15-16-6-3-7-17-15/h3,6-7,11-13H,4-5,8-10H2,1-2H3/t12-,13+/m0/s1. The van der Waals surface area contributed by atoms with Gasteiger partial charge in [0.15, 0.2) is 0 Å². The molecule has 0 aliphatic carbocycles. The van der Waals surface area contributed by atoms with E-state index in [0.29, 0.717) is 17.9 Å². The fourth-order valence-electron chi connectivity index (χ4n) is 3.43. The zero-order valence-corrected chi connectivity index (χ0v) is 12.2. The Kier molecular flexibility index (Phi) is 3.59. The van der Waals surface area contributed by atoms with Crippen molar-refractivity contribution in [3.8, 4) is 0 Å². The molecule has 1 amide bonds. The molecule has 2 aliphatic heterocycles. The second kappa shape index (κ2) is 5.38. The van der Waals surface area contributed by atoms with Gasteiger partial charge in [-0.05, 0) is 24.8 Å². The van der Waals surface area contributed by atoms with Gasteiger partial charge in [0, 0.05) is 44.0 Å². The van der Waals surface area contributed by atoms with Gasteiger partial charge in [0.2, 0.25) is 11.9 Å². The highest BCUT2D eigenvalue weighted by atomic mass is 16.2. The van der Waals surface area contributed by atoms with Gasteiger partial charge in [0.1, 0.15) is 0 Å². The van der Waals surface area contributed by atoms with Crippen molar-refractivity contribution < 1.29 is 4.79 Å². The minimum atomic E-state index is 0.101. The first kappa shape index (κ1) is 13.3. The first-order valence-electron chi connectivity index (χ1n) is 7.49. The van der Waals surface area contributed by atoms with Crippen LogP contribution < -0.4 is 4.90 Å². The average molecular weight is 274 g/mol. The van der Waals surface area contributed by atoms with E-state index in [1.807, 2.05) is 19.9 Å². The predicted octanol–water partition coefficient (Wildman–Crippen LogP) is 1.56. The normalized spacial score (nSPS) is 25.9. The smallest absolute Gasteiger partial charge is 0.225 e. The molecule has 3 heterocycles. The van der Waals surface area contributed by atoms with Gasteiger partial charge in [-0.2, -0.15) is 0 Å². The number of aromatic nitrogens is 2. The van der Waals surface area contributed by atoms with Gasteiger partial charge >= 0.3 is 0 Å². The molecule has 108 valence electrons. The summed E-state index contributed by atoms with van der Waals surface area (Å²) in [7, 11) is 0. The lowest BCUT2D eigenvalue weighted by molar-refractivity contribution is -0.135. The molecular formula is C15H22N4O. The molecule has 0 bridgehead atoms. The summed E-state index contributed by atoms with van der Waals surface area (Å²) in [6.45, 7) is 6.80. The number of piperidine rings is 1. The van der Waals surface area contributed by atoms with E-state index in [2.05, 4.69) is 19.8 Å². The van der Waals surface area contributed by atoms with Crippen molar-refractivity contribution in [1.29, 1.82) is 0 Å². The van der Waals surface area contributed by atoms with Crippen molar-refractivity contribution in [2.45, 2.75) is 32.7 Å². The Morgan fingerprint density at radius 1 is 1.25 bits per heavy atom. The molecule has 0 saturated carbocycles. The van der Waals surface area contributed by atoms with Crippen molar-refractivity contribution in [1.82, 2.24) is 14.9 Å². The number of likely N-dealkylation sites (tertiary alicyclic amines) is 1. The minimum absolute atomic E-state index is 0.101. The first-order valence-corrected chi connectivity index (χ1v) is 7.49. The maximum Gasteiger partial charge on any atom is 0.225 e. The lowest BCUT2D eigenvalue weighted by atomic mass is 9.92. The summed E-state index contributed by atoms with van der Waals surface area (Å²) in [4.78, 5) is 25.3. The van der Waals surface area contributed by atoms with E-state index in [0.717, 1.165) is 38.4 Å². The summed E-state index contributed by atoms with van der Waals surface area (Å²) in [6, 6.07) is 2.26. The highest BCUT2D eigenvalue weighted by Gasteiger charge is 2.41. The van der Waals surface area contributed by atoms with Crippen molar-refractivity contribution in [3.63, 3.8) is 0 Å². The number of anilines is 1. The molecule has 2 atom stereocenters. The quantitative estimate of drug-likeness (QED) is 0.821. The predicted molar refractivity (Wildman–Crippen MR) is 77.3 cm³/mol. The van der Waals surface area contributed by atoms with Gasteiger partial charge in [0.25, 0.3) is 0 Å². The molecule has 0 spiro atoms. The average Bonchev–Trinajstić information content (AvgIpc) is 2.90. The van der Waals surface area contributed by atoms with Crippen LogP contribution in [-0.4, -0.2) is 46.5 Å². The lowest BCUT2D eigenvalue weighted by Gasteiger charge is -2.38. The summed E-state index contributed by atoms with van der Waals surface area (Å²) in [5.74, 6) is 1.79. The van der Waals surface area contributed by atoms with Crippen LogP contribution in [0.3, 0.4) is 0 Å². The topological polar surface area (TPSA) is 49.3 Å². The fourth-order valence-corrected chi connectivity index (χ4v) is 3.43. The molecule has 2 saturated heterocycles. The third-order valence-corrected chi connectivity index (χ3v) is 4.45. The summed E-state index contributed by atoms with van der Waals surface area (Å²) < 4.78 is 0. The minimum Gasteiger partial charge on any atom is -0.340 e. The van der Waals surface area contributed by atoms with E-state index in [-0.39, 0.29) is 5.92 Å². The van der Waals surface area contributed by atoms with Crippen LogP contribution in [0.25, 0.3) is 0 Å². The second-order valence-corrected chi connectivity index (χ2v) is 6.09. The van der Waals surface area contributed by atoms with Gasteiger partial charge < -0.3 is 9.80 Å². The van der Waals surface area contributed by atoms with Gasteiger partial charge in [-0.25, -0.2) is 9.97 Å². The Balaban J connectivity index is 1.68. The number of fused-ring (bicyclic) bond motifs is 1. The van der Waals surface area contributed by atoms with Crippen LogP contribution in [0.1, 0.15) is 26.7 Å². The molecular weight excluding hydrogens is 252 g/mol. The van der Waals surface area contributed by atoms with Crippen LogP contribution in [0.4, 0.5) is 5.95 Å². The molecule has 5 heteroatoms.